The Morgan fingerprint density at radius 1 is 1.04 bits per heavy atom. The van der Waals surface area contributed by atoms with Crippen LogP contribution in [0, 0.1) is 17.8 Å². The third kappa shape index (κ3) is 11.2. The first kappa shape index (κ1) is 38.8. The average Bonchev–Trinajstić information content (AvgIpc) is 3.51. The van der Waals surface area contributed by atoms with E-state index in [2.05, 4.69) is 39.7 Å². The number of carbonyl (C=O) groups is 3. The molecule has 1 aliphatic carbocycles. The Balaban J connectivity index is 1.49. The number of fused-ring (bicyclic) bond motifs is 1. The smallest absolute Gasteiger partial charge is 0.318 e. The van der Waals surface area contributed by atoms with Crippen LogP contribution >= 0.6 is 11.3 Å². The highest BCUT2D eigenvalue weighted by molar-refractivity contribution is 7.11. The minimum Gasteiger partial charge on any atom is -0.390 e. The van der Waals surface area contributed by atoms with Gasteiger partial charge in [-0.1, -0.05) is 77.3 Å². The molecule has 2 heterocycles. The fraction of sp³-hybridized carbons (Fsp3) is 0.684. The summed E-state index contributed by atoms with van der Waals surface area (Å²) in [6.45, 7) is 15.4. The zero-order chi connectivity index (χ0) is 35.9. The lowest BCUT2D eigenvalue weighted by Gasteiger charge is -2.47. The van der Waals surface area contributed by atoms with Crippen molar-refractivity contribution in [3.05, 3.63) is 52.0 Å². The van der Waals surface area contributed by atoms with Crippen molar-refractivity contribution < 1.29 is 19.5 Å². The lowest BCUT2D eigenvalue weighted by atomic mass is 9.72. The molecule has 4 amide bonds. The minimum absolute atomic E-state index is 0.00201. The number of nitrogens with one attached hydrogen (secondary N) is 3. The highest BCUT2D eigenvalue weighted by Gasteiger charge is 2.42. The molecular weight excluding hydrogens is 637 g/mol. The molecule has 0 radical (unpaired) electrons. The molecule has 272 valence electrons. The normalized spacial score (nSPS) is 21.8. The first-order valence-corrected chi connectivity index (χ1v) is 19.0. The molecule has 4 N–H and O–H groups in total. The summed E-state index contributed by atoms with van der Waals surface area (Å²) in [4.78, 5) is 50.1. The molecule has 1 aromatic heterocycles. The number of piperidine rings is 1. The Kier molecular flexibility index (Phi) is 13.7. The third-order valence-corrected chi connectivity index (χ3v) is 11.1. The van der Waals surface area contributed by atoms with Gasteiger partial charge in [-0.2, -0.15) is 0 Å². The number of hydrogen-bond acceptors (Lipinski definition) is 7. The van der Waals surface area contributed by atoms with E-state index in [1.54, 1.807) is 29.5 Å². The summed E-state index contributed by atoms with van der Waals surface area (Å²) in [6, 6.07) is 7.68. The Hall–Kier alpha value is -3.02. The first-order chi connectivity index (χ1) is 23.1. The fourth-order valence-corrected chi connectivity index (χ4v) is 8.14. The molecule has 1 aromatic carbocycles. The molecule has 0 spiro atoms. The second kappa shape index (κ2) is 17.3. The van der Waals surface area contributed by atoms with Gasteiger partial charge in [0.15, 0.2) is 0 Å². The number of benzene rings is 1. The van der Waals surface area contributed by atoms with Crippen molar-refractivity contribution in [2.24, 2.45) is 17.8 Å². The summed E-state index contributed by atoms with van der Waals surface area (Å²) in [6.07, 6.45) is 6.75. The van der Waals surface area contributed by atoms with Gasteiger partial charge < -0.3 is 26.0 Å². The van der Waals surface area contributed by atoms with Crippen molar-refractivity contribution in [3.63, 3.8) is 0 Å². The largest absolute Gasteiger partial charge is 0.390 e. The number of aliphatic hydroxyl groups is 1. The highest BCUT2D eigenvalue weighted by Crippen LogP contribution is 2.39. The Morgan fingerprint density at radius 3 is 2.33 bits per heavy atom. The third-order valence-electron chi connectivity index (χ3n) is 9.85. The Labute approximate surface area is 297 Å². The number of rotatable bonds is 13. The number of nitrogens with zero attached hydrogens (tertiary/aromatic N) is 3. The van der Waals surface area contributed by atoms with Crippen molar-refractivity contribution in [3.8, 4) is 0 Å². The van der Waals surface area contributed by atoms with Gasteiger partial charge in [0.05, 0.1) is 29.7 Å². The summed E-state index contributed by atoms with van der Waals surface area (Å²) in [5, 5.41) is 22.2. The van der Waals surface area contributed by atoms with Crippen molar-refractivity contribution in [1.82, 2.24) is 30.7 Å². The molecule has 2 aromatic rings. The zero-order valence-corrected chi connectivity index (χ0v) is 31.7. The van der Waals surface area contributed by atoms with E-state index >= 15 is 0 Å². The van der Waals surface area contributed by atoms with Crippen LogP contribution in [0.4, 0.5) is 4.79 Å². The zero-order valence-electron chi connectivity index (χ0n) is 30.9. The molecule has 2 fully saturated rings. The summed E-state index contributed by atoms with van der Waals surface area (Å²) in [5.74, 6) is 0.790. The minimum atomic E-state index is -0.943. The molecule has 2 aliphatic rings. The number of likely N-dealkylation sites (tertiary alicyclic amines) is 1. The first-order valence-electron chi connectivity index (χ1n) is 18.2. The molecule has 4 rings (SSSR count). The number of β-amino-alcohol motifs (C(OH)–C–C–N with tert-alkyl or cyclic N) is 1. The number of amides is 4. The maximum absolute atomic E-state index is 14.0. The van der Waals surface area contributed by atoms with Crippen LogP contribution in [0.1, 0.15) is 102 Å². The number of thiazole rings is 1. The standard InChI is InChI=1S/C38H60N6O4S/c1-24(2)33(41-37(48)43(8)22-29-20-39-36(49-29)25(3)4)35(47)40-30(18-26-14-10-9-11-15-26)32(45)23-44-21-28-17-13-12-16-27(28)19-31(44)34(46)42-38(5,6)7/h9-11,14-15,20,24-25,27-28,30-33,45H,12-13,16-19,21-23H2,1-8H3,(H,40,47)(H,41,48)(H,42,46)/t27?,28-,30+,31+,32-,33+/m1/s1. The molecule has 1 saturated heterocycles. The number of aromatic nitrogens is 1. The SMILES string of the molecule is CC(C)c1ncc(CN(C)C(=O)N[C@H](C(=O)N[C@@H](Cc2ccccc2)[C@H](O)CN2C[C@H]3CCCCC3C[C@H]2C(=O)NC(C)(C)C)C(C)C)s1. The van der Waals surface area contributed by atoms with Crippen LogP contribution in [0.15, 0.2) is 36.5 Å². The van der Waals surface area contributed by atoms with Crippen LogP contribution in [-0.2, 0) is 22.6 Å². The number of aliphatic hydroxyl groups excluding tert-OH is 1. The maximum atomic E-state index is 14.0. The van der Waals surface area contributed by atoms with Crippen LogP contribution in [0.25, 0.3) is 0 Å². The molecular formula is C38H60N6O4S. The van der Waals surface area contributed by atoms with Gasteiger partial charge >= 0.3 is 6.03 Å². The van der Waals surface area contributed by atoms with Gasteiger partial charge in [0.2, 0.25) is 11.8 Å². The van der Waals surface area contributed by atoms with Crippen LogP contribution in [0.3, 0.4) is 0 Å². The van der Waals surface area contributed by atoms with Crippen molar-refractivity contribution in [1.29, 1.82) is 0 Å². The second-order valence-electron chi connectivity index (χ2n) is 16.0. The van der Waals surface area contributed by atoms with E-state index in [0.717, 1.165) is 41.3 Å². The molecule has 11 heteroatoms. The Bertz CT molecular complexity index is 1380. The number of urea groups is 1. The average molecular weight is 697 g/mol. The molecule has 49 heavy (non-hydrogen) atoms. The Morgan fingerprint density at radius 2 is 1.71 bits per heavy atom. The topological polar surface area (TPSA) is 127 Å². The quantitative estimate of drug-likeness (QED) is 0.225. The van der Waals surface area contributed by atoms with Crippen molar-refractivity contribution in [2.45, 2.75) is 129 Å². The lowest BCUT2D eigenvalue weighted by molar-refractivity contribution is -0.133. The highest BCUT2D eigenvalue weighted by atomic mass is 32.1. The predicted molar refractivity (Wildman–Crippen MR) is 196 cm³/mol. The van der Waals surface area contributed by atoms with Gasteiger partial charge in [0.1, 0.15) is 6.04 Å². The van der Waals surface area contributed by atoms with Crippen LogP contribution < -0.4 is 16.0 Å². The predicted octanol–water partition coefficient (Wildman–Crippen LogP) is 5.32. The molecule has 0 bridgehead atoms. The van der Waals surface area contributed by atoms with Crippen LogP contribution in [0.2, 0.25) is 0 Å². The number of carbonyl (C=O) groups excluding carboxylic acids is 3. The summed E-state index contributed by atoms with van der Waals surface area (Å²) in [5.41, 5.74) is 0.617. The van der Waals surface area contributed by atoms with Crippen LogP contribution in [-0.4, -0.2) is 87.6 Å². The second-order valence-corrected chi connectivity index (χ2v) is 17.1. The van der Waals surface area contributed by atoms with E-state index in [1.165, 1.54) is 12.8 Å². The summed E-state index contributed by atoms with van der Waals surface area (Å²) < 4.78 is 0. The summed E-state index contributed by atoms with van der Waals surface area (Å²) in [7, 11) is 1.71. The van der Waals surface area contributed by atoms with Gasteiger partial charge in [-0.3, -0.25) is 14.5 Å². The van der Waals surface area contributed by atoms with Gasteiger partial charge in [-0.25, -0.2) is 9.78 Å². The molecule has 6 atom stereocenters. The monoisotopic (exact) mass is 696 g/mol. The molecule has 1 unspecified atom stereocenters. The van der Waals surface area contributed by atoms with Gasteiger partial charge in [-0.05, 0) is 63.4 Å². The van der Waals surface area contributed by atoms with E-state index in [1.807, 2.05) is 65.0 Å². The molecule has 10 nitrogen and oxygen atoms in total. The van der Waals surface area contributed by atoms with E-state index < -0.39 is 18.2 Å². The van der Waals surface area contributed by atoms with Gasteiger partial charge in [-0.15, -0.1) is 11.3 Å². The fourth-order valence-electron chi connectivity index (χ4n) is 7.16. The van der Waals surface area contributed by atoms with E-state index in [-0.39, 0.29) is 41.9 Å². The molecule has 1 aliphatic heterocycles. The van der Waals surface area contributed by atoms with E-state index in [4.69, 9.17) is 0 Å². The van der Waals surface area contributed by atoms with E-state index in [9.17, 15) is 19.5 Å². The van der Waals surface area contributed by atoms with Gasteiger partial charge in [0, 0.05) is 42.7 Å². The van der Waals surface area contributed by atoms with Crippen molar-refractivity contribution >= 4 is 29.2 Å². The number of hydrogen-bond donors (Lipinski definition) is 4. The van der Waals surface area contributed by atoms with Crippen molar-refractivity contribution in [2.75, 3.05) is 20.1 Å². The van der Waals surface area contributed by atoms with Crippen LogP contribution in [0.5, 0.6) is 0 Å². The molecule has 1 saturated carbocycles. The lowest BCUT2D eigenvalue weighted by Crippen LogP contribution is -2.61. The van der Waals surface area contributed by atoms with E-state index in [0.29, 0.717) is 30.7 Å². The summed E-state index contributed by atoms with van der Waals surface area (Å²) >= 11 is 1.59. The van der Waals surface area contributed by atoms with Gasteiger partial charge in [0.25, 0.3) is 0 Å². The maximum Gasteiger partial charge on any atom is 0.318 e.